The van der Waals surface area contributed by atoms with E-state index in [-0.39, 0.29) is 83.6 Å². The Hall–Kier alpha value is -1.70. The van der Waals surface area contributed by atoms with E-state index in [1.165, 1.54) is 0 Å². The lowest BCUT2D eigenvalue weighted by Crippen LogP contribution is -2.50. The molecule has 2 heterocycles. The molecule has 9 atom stereocenters. The Morgan fingerprint density at radius 2 is 1.02 bits per heavy atom. The molecule has 2 aliphatic heterocycles. The minimum atomic E-state index is -1.15. The normalized spacial score (nSPS) is 26.4. The zero-order valence-corrected chi connectivity index (χ0v) is 31.3. The topological polar surface area (TPSA) is 272 Å². The summed E-state index contributed by atoms with van der Waals surface area (Å²) in [5.74, 6) is -0.443. The Morgan fingerprint density at radius 3 is 1.46 bits per heavy atom. The van der Waals surface area contributed by atoms with E-state index in [1.54, 1.807) is 0 Å². The molecule has 2 saturated heterocycles. The number of nitrogens with one attached hydrogen (secondary N) is 2. The molecule has 0 aromatic rings. The molecule has 2 amide bonds. The molecular formula is C34H64N2O18. The van der Waals surface area contributed by atoms with Gasteiger partial charge in [0.1, 0.15) is 37.6 Å². The highest BCUT2D eigenvalue weighted by Gasteiger charge is 2.37. The molecule has 2 rings (SSSR count). The lowest BCUT2D eigenvalue weighted by Gasteiger charge is -2.35. The van der Waals surface area contributed by atoms with Crippen molar-refractivity contribution < 1.29 is 87.6 Å². The molecule has 318 valence electrons. The Labute approximate surface area is 316 Å². The fourth-order valence-electron chi connectivity index (χ4n) is 5.28. The summed E-state index contributed by atoms with van der Waals surface area (Å²) in [6.45, 7) is 4.80. The number of rotatable bonds is 32. The van der Waals surface area contributed by atoms with Gasteiger partial charge in [-0.3, -0.25) is 9.59 Å². The van der Waals surface area contributed by atoms with Gasteiger partial charge in [0.15, 0.2) is 12.6 Å². The van der Waals surface area contributed by atoms with Crippen molar-refractivity contribution in [2.45, 2.75) is 94.3 Å². The molecule has 8 N–H and O–H groups in total. The molecule has 20 nitrogen and oxygen atoms in total. The van der Waals surface area contributed by atoms with E-state index in [4.69, 9.17) is 47.4 Å². The zero-order valence-electron chi connectivity index (χ0n) is 31.3. The Bertz CT molecular complexity index is 956. The molecule has 0 unspecified atom stereocenters. The van der Waals surface area contributed by atoms with Crippen LogP contribution in [-0.2, 0) is 57.0 Å². The smallest absolute Gasteiger partial charge is 0.246 e. The number of hydrogen-bond donors (Lipinski definition) is 8. The fraction of sp³-hybridized carbons (Fsp3) is 0.941. The number of carbonyl (C=O) groups is 2. The van der Waals surface area contributed by atoms with E-state index in [2.05, 4.69) is 10.6 Å². The van der Waals surface area contributed by atoms with E-state index in [0.29, 0.717) is 46.2 Å². The quantitative estimate of drug-likeness (QED) is 0.0308. The number of carbonyl (C=O) groups excluding carboxylic acids is 2. The summed E-state index contributed by atoms with van der Waals surface area (Å²) in [6.07, 6.45) is -5.07. The number of aliphatic hydroxyl groups excluding tert-OH is 6. The van der Waals surface area contributed by atoms with Crippen molar-refractivity contribution in [2.75, 3.05) is 112 Å². The average Bonchev–Trinajstić information content (AvgIpc) is 3.15. The molecule has 0 aliphatic carbocycles. The summed E-state index contributed by atoms with van der Waals surface area (Å²) in [5, 5.41) is 63.1. The van der Waals surface area contributed by atoms with Gasteiger partial charge in [0.05, 0.1) is 105 Å². The molecule has 2 fully saturated rings. The summed E-state index contributed by atoms with van der Waals surface area (Å²) in [6, 6.07) is -0.0452. The minimum absolute atomic E-state index is 0.0452. The second-order valence-electron chi connectivity index (χ2n) is 12.8. The van der Waals surface area contributed by atoms with Gasteiger partial charge < -0.3 is 88.6 Å². The van der Waals surface area contributed by atoms with Crippen LogP contribution in [0.2, 0.25) is 0 Å². The lowest BCUT2D eigenvalue weighted by atomic mass is 10.0. The van der Waals surface area contributed by atoms with E-state index in [0.717, 1.165) is 19.3 Å². The van der Waals surface area contributed by atoms with Gasteiger partial charge in [0, 0.05) is 25.4 Å². The first-order chi connectivity index (χ1) is 26.1. The Morgan fingerprint density at radius 1 is 0.611 bits per heavy atom. The van der Waals surface area contributed by atoms with Crippen molar-refractivity contribution in [1.82, 2.24) is 10.6 Å². The maximum absolute atomic E-state index is 12.1. The van der Waals surface area contributed by atoms with Crippen LogP contribution in [0.4, 0.5) is 0 Å². The predicted octanol–water partition coefficient (Wildman–Crippen LogP) is -3.43. The minimum Gasteiger partial charge on any atom is -0.394 e. The van der Waals surface area contributed by atoms with Crippen molar-refractivity contribution in [1.29, 1.82) is 0 Å². The lowest BCUT2D eigenvalue weighted by molar-refractivity contribution is -0.259. The van der Waals surface area contributed by atoms with Crippen molar-refractivity contribution in [3.8, 4) is 0 Å². The van der Waals surface area contributed by atoms with Crippen molar-refractivity contribution in [2.24, 2.45) is 0 Å². The molecule has 20 heteroatoms. The van der Waals surface area contributed by atoms with Crippen LogP contribution in [-0.4, -0.2) is 210 Å². The summed E-state index contributed by atoms with van der Waals surface area (Å²) >= 11 is 0. The molecule has 0 spiro atoms. The SMILES string of the molecule is C[C@H](CCCCNC(=O)COCCOCCOCCO[C@H]1C[C@@H](O)[C@@H](O)[C@@H](CO)O1)NC(=O)COCCOCCOCCO[C@H]1C[C@@H](O)[C@@H](O)[C@@H](CO)O1. The number of hydrogen-bond acceptors (Lipinski definition) is 18. The maximum atomic E-state index is 12.1. The van der Waals surface area contributed by atoms with Gasteiger partial charge in [0.25, 0.3) is 0 Å². The standard InChI is InChI=1S/C34H64N2O18/c1-24(36-30(42)23-50-13-11-46-7-9-48-15-17-52-32-19-26(40)34(44)28(21-38)54-32)4-2-3-5-35-29(41)22-49-12-10-45-6-8-47-14-16-51-31-18-25(39)33(43)27(20-37)53-31/h24-28,31-34,37-40,43-44H,2-23H2,1H3,(H,35,41)(H,36,42)/t24-,25-,26-,27-,28-,31-,32-,33-,34-/m1/s1. The molecule has 0 radical (unpaired) electrons. The summed E-state index contributed by atoms with van der Waals surface area (Å²) in [4.78, 5) is 24.1. The van der Waals surface area contributed by atoms with Crippen molar-refractivity contribution >= 4 is 11.8 Å². The molecular weight excluding hydrogens is 724 g/mol. The second-order valence-corrected chi connectivity index (χ2v) is 12.8. The molecule has 2 aliphatic rings. The van der Waals surface area contributed by atoms with Crippen molar-refractivity contribution in [3.05, 3.63) is 0 Å². The third kappa shape index (κ3) is 22.1. The van der Waals surface area contributed by atoms with Crippen LogP contribution < -0.4 is 10.6 Å². The first kappa shape index (κ1) is 48.4. The first-order valence-corrected chi connectivity index (χ1v) is 18.6. The van der Waals surface area contributed by atoms with E-state index >= 15 is 0 Å². The van der Waals surface area contributed by atoms with Crippen LogP contribution in [0.1, 0.15) is 39.0 Å². The molecule has 0 saturated carbocycles. The largest absolute Gasteiger partial charge is 0.394 e. The van der Waals surface area contributed by atoms with Gasteiger partial charge in [-0.25, -0.2) is 0 Å². The highest BCUT2D eigenvalue weighted by molar-refractivity contribution is 5.77. The maximum Gasteiger partial charge on any atom is 0.246 e. The molecule has 54 heavy (non-hydrogen) atoms. The Balaban J connectivity index is 1.28. The van der Waals surface area contributed by atoms with Crippen LogP contribution >= 0.6 is 0 Å². The number of aliphatic hydroxyl groups is 6. The molecule has 0 aromatic heterocycles. The monoisotopic (exact) mass is 788 g/mol. The summed E-state index contributed by atoms with van der Waals surface area (Å²) in [5.41, 5.74) is 0. The molecule has 0 aromatic carbocycles. The van der Waals surface area contributed by atoms with Crippen LogP contribution in [0.5, 0.6) is 0 Å². The summed E-state index contributed by atoms with van der Waals surface area (Å²) in [7, 11) is 0. The van der Waals surface area contributed by atoms with Gasteiger partial charge in [-0.2, -0.15) is 0 Å². The highest BCUT2D eigenvalue weighted by Crippen LogP contribution is 2.22. The van der Waals surface area contributed by atoms with Gasteiger partial charge in [0.2, 0.25) is 11.8 Å². The van der Waals surface area contributed by atoms with Gasteiger partial charge in [-0.1, -0.05) is 0 Å². The van der Waals surface area contributed by atoms with E-state index in [1.807, 2.05) is 6.92 Å². The van der Waals surface area contributed by atoms with Gasteiger partial charge in [-0.05, 0) is 26.2 Å². The number of unbranched alkanes of at least 4 members (excludes halogenated alkanes) is 1. The number of ether oxygens (including phenoxy) is 10. The fourth-order valence-corrected chi connectivity index (χ4v) is 5.28. The third-order valence-corrected chi connectivity index (χ3v) is 8.24. The van der Waals surface area contributed by atoms with E-state index in [9.17, 15) is 40.2 Å². The van der Waals surface area contributed by atoms with E-state index < -0.39 is 62.4 Å². The van der Waals surface area contributed by atoms with Crippen molar-refractivity contribution in [3.63, 3.8) is 0 Å². The second kappa shape index (κ2) is 30.4. The van der Waals surface area contributed by atoms with Gasteiger partial charge >= 0.3 is 0 Å². The number of amides is 2. The summed E-state index contributed by atoms with van der Waals surface area (Å²) < 4.78 is 54.0. The third-order valence-electron chi connectivity index (χ3n) is 8.24. The average molecular weight is 789 g/mol. The predicted molar refractivity (Wildman–Crippen MR) is 186 cm³/mol. The zero-order chi connectivity index (χ0) is 39.4. The van der Waals surface area contributed by atoms with Crippen LogP contribution in [0.3, 0.4) is 0 Å². The highest BCUT2D eigenvalue weighted by atomic mass is 16.7. The van der Waals surface area contributed by atoms with Crippen LogP contribution in [0.15, 0.2) is 0 Å². The Kier molecular flexibility index (Phi) is 27.3. The van der Waals surface area contributed by atoms with Gasteiger partial charge in [-0.15, -0.1) is 0 Å². The first-order valence-electron chi connectivity index (χ1n) is 18.6. The van der Waals surface area contributed by atoms with Crippen LogP contribution in [0.25, 0.3) is 0 Å². The molecule has 0 bridgehead atoms. The van der Waals surface area contributed by atoms with Crippen LogP contribution in [0, 0.1) is 0 Å².